The zero-order chi connectivity index (χ0) is 33.6. The first-order chi connectivity index (χ1) is 21.7. The van der Waals surface area contributed by atoms with Gasteiger partial charge in [-0.05, 0) is 89.9 Å². The van der Waals surface area contributed by atoms with Gasteiger partial charge in [0.25, 0.3) is 0 Å². The minimum absolute atomic E-state index is 0.131. The molecule has 0 amide bonds. The van der Waals surface area contributed by atoms with Crippen LogP contribution in [-0.4, -0.2) is 17.9 Å². The first-order valence-corrected chi connectivity index (χ1v) is 14.9. The fourth-order valence-corrected chi connectivity index (χ4v) is 5.16. The van der Waals surface area contributed by atoms with Crippen LogP contribution in [0.2, 0.25) is 0 Å². The van der Waals surface area contributed by atoms with E-state index < -0.39 is 23.5 Å². The van der Waals surface area contributed by atoms with Crippen LogP contribution < -0.4 is 9.64 Å². The summed E-state index contributed by atoms with van der Waals surface area (Å²) in [6, 6.07) is 17.1. The molecule has 0 radical (unpaired) electrons. The smallest absolute Gasteiger partial charge is 0.416 e. The van der Waals surface area contributed by atoms with Crippen molar-refractivity contribution >= 4 is 12.1 Å². The predicted octanol–water partition coefficient (Wildman–Crippen LogP) is 10.1. The molecule has 0 fully saturated rings. The number of aryl methyl sites for hydroxylation is 2. The summed E-state index contributed by atoms with van der Waals surface area (Å²) in [5, 5.41) is 0. The van der Waals surface area contributed by atoms with E-state index in [-0.39, 0.29) is 37.2 Å². The average molecular weight is 643 g/mol. The topological polar surface area (TPSA) is 42.4 Å². The van der Waals surface area contributed by atoms with Gasteiger partial charge in [0.2, 0.25) is 0 Å². The molecule has 0 spiro atoms. The van der Waals surface area contributed by atoms with Crippen LogP contribution in [0, 0.1) is 13.8 Å². The van der Waals surface area contributed by atoms with Crippen LogP contribution in [0.15, 0.2) is 72.9 Å². The lowest BCUT2D eigenvalue weighted by molar-refractivity contribution is -0.143. The first kappa shape index (κ1) is 34.5. The number of carbonyl (C=O) groups excluding carboxylic acids is 1. The number of anilines is 1. The number of ether oxygens (including phenoxy) is 1. The molecule has 0 N–H and O–H groups in total. The predicted molar refractivity (Wildman–Crippen MR) is 167 cm³/mol. The molecule has 0 aliphatic carbocycles. The lowest BCUT2D eigenvalue weighted by Crippen LogP contribution is -2.24. The number of halogens is 6. The highest BCUT2D eigenvalue weighted by Gasteiger charge is 2.37. The van der Waals surface area contributed by atoms with Crippen molar-refractivity contribution in [2.24, 2.45) is 0 Å². The highest BCUT2D eigenvalue weighted by molar-refractivity contribution is 5.72. The summed E-state index contributed by atoms with van der Waals surface area (Å²) in [6.07, 6.45) is -6.84. The maximum atomic E-state index is 13.7. The zero-order valence-electron chi connectivity index (χ0n) is 26.1. The van der Waals surface area contributed by atoms with Crippen LogP contribution >= 0.6 is 0 Å². The van der Waals surface area contributed by atoms with Gasteiger partial charge in [-0.25, -0.2) is 4.98 Å². The Morgan fingerprint density at radius 1 is 0.826 bits per heavy atom. The highest BCUT2D eigenvalue weighted by Crippen LogP contribution is 2.38. The maximum Gasteiger partial charge on any atom is 0.416 e. The van der Waals surface area contributed by atoms with E-state index >= 15 is 0 Å². The molecule has 244 valence electrons. The third kappa shape index (κ3) is 8.89. The van der Waals surface area contributed by atoms with E-state index in [1.807, 2.05) is 38.1 Å². The number of hydrogen-bond acceptors (Lipinski definition) is 4. The van der Waals surface area contributed by atoms with Gasteiger partial charge in [0.05, 0.1) is 23.9 Å². The van der Waals surface area contributed by atoms with Crippen LogP contribution in [0.5, 0.6) is 5.75 Å². The minimum atomic E-state index is -4.97. The molecule has 4 nitrogen and oxygen atoms in total. The van der Waals surface area contributed by atoms with Crippen LogP contribution in [-0.2, 0) is 30.2 Å². The number of aldehydes is 1. The second-order valence-electron chi connectivity index (χ2n) is 11.7. The monoisotopic (exact) mass is 642 g/mol. The molecule has 4 aromatic rings. The van der Waals surface area contributed by atoms with Gasteiger partial charge in [0.1, 0.15) is 17.9 Å². The van der Waals surface area contributed by atoms with E-state index in [2.05, 4.69) is 31.0 Å². The molecular formula is C36H36F6N2O2. The Bertz CT molecular complexity index is 1610. The molecule has 0 aliphatic rings. The molecule has 0 atom stereocenters. The third-order valence-corrected chi connectivity index (χ3v) is 7.64. The van der Waals surface area contributed by atoms with Crippen molar-refractivity contribution in [1.82, 2.24) is 4.98 Å². The second kappa shape index (κ2) is 14.4. The lowest BCUT2D eigenvalue weighted by atomic mass is 9.90. The van der Waals surface area contributed by atoms with Crippen molar-refractivity contribution in [2.75, 3.05) is 11.5 Å². The number of alkyl halides is 6. The van der Waals surface area contributed by atoms with Gasteiger partial charge in [-0.2, -0.15) is 26.3 Å². The van der Waals surface area contributed by atoms with Gasteiger partial charge < -0.3 is 14.4 Å². The molecule has 0 saturated heterocycles. The molecular weight excluding hydrogens is 606 g/mol. The molecule has 3 aromatic carbocycles. The number of nitrogens with zero attached hydrogens (tertiary/aromatic N) is 2. The van der Waals surface area contributed by atoms with Crippen LogP contribution in [0.4, 0.5) is 32.2 Å². The number of aromatic nitrogens is 1. The van der Waals surface area contributed by atoms with E-state index in [1.165, 1.54) is 6.20 Å². The van der Waals surface area contributed by atoms with Gasteiger partial charge >= 0.3 is 12.4 Å². The summed E-state index contributed by atoms with van der Waals surface area (Å²) >= 11 is 0. The quantitative estimate of drug-likeness (QED) is 0.0877. The normalized spacial score (nSPS) is 12.0. The van der Waals surface area contributed by atoms with Gasteiger partial charge in [-0.1, -0.05) is 55.8 Å². The number of pyridine rings is 1. The summed E-state index contributed by atoms with van der Waals surface area (Å²) in [5.74, 6) is 1.04. The molecule has 1 heterocycles. The van der Waals surface area contributed by atoms with E-state index in [9.17, 15) is 31.1 Å². The number of carbonyl (C=O) groups is 1. The van der Waals surface area contributed by atoms with E-state index in [4.69, 9.17) is 4.74 Å². The number of rotatable bonds is 12. The van der Waals surface area contributed by atoms with Gasteiger partial charge in [0, 0.05) is 19.5 Å². The zero-order valence-corrected chi connectivity index (χ0v) is 26.1. The van der Waals surface area contributed by atoms with Crippen molar-refractivity contribution < 1.29 is 35.9 Å². The molecule has 1 aromatic heterocycles. The molecule has 0 unspecified atom stereocenters. The van der Waals surface area contributed by atoms with E-state index in [1.54, 1.807) is 17.0 Å². The maximum absolute atomic E-state index is 13.7. The van der Waals surface area contributed by atoms with Crippen molar-refractivity contribution in [2.45, 2.75) is 71.9 Å². The SMILES string of the molecule is Cc1ccc(-c2cc(C(C)C)ccc2C)c(CN(Cc2cc(C(F)(F)F)cc(C(F)(F)F)c2)c2ccc(OCCCC=O)cn2)c1. The standard InChI is InChI=1S/C36H36F6N2O2/c1-23(2)27-9-8-25(4)33(18-27)32-11-7-24(3)15-28(32)22-44(34-12-10-31(20-43-34)46-14-6-5-13-45)21-26-16-29(35(37,38)39)19-30(17-26)36(40,41)42/h7-13,15-20,23H,5-6,14,21-22H2,1-4H3. The molecule has 46 heavy (non-hydrogen) atoms. The highest BCUT2D eigenvalue weighted by atomic mass is 19.4. The Hall–Kier alpha value is -4.34. The first-order valence-electron chi connectivity index (χ1n) is 14.9. The minimum Gasteiger partial charge on any atom is -0.492 e. The Morgan fingerprint density at radius 3 is 2.11 bits per heavy atom. The molecule has 10 heteroatoms. The third-order valence-electron chi connectivity index (χ3n) is 7.64. The van der Waals surface area contributed by atoms with Crippen molar-refractivity contribution in [3.8, 4) is 16.9 Å². The summed E-state index contributed by atoms with van der Waals surface area (Å²) < 4.78 is 88.0. The van der Waals surface area contributed by atoms with Gasteiger partial charge in [-0.15, -0.1) is 0 Å². The van der Waals surface area contributed by atoms with Crippen LogP contribution in [0.25, 0.3) is 11.1 Å². The Kier molecular flexibility index (Phi) is 10.8. The Labute approximate surface area is 265 Å². The number of hydrogen-bond donors (Lipinski definition) is 0. The molecule has 0 saturated carbocycles. The molecule has 0 aliphatic heterocycles. The Morgan fingerprint density at radius 2 is 1.52 bits per heavy atom. The fraction of sp³-hybridized carbons (Fsp3) is 0.333. The summed E-state index contributed by atoms with van der Waals surface area (Å²) in [6.45, 7) is 8.26. The number of benzene rings is 3. The van der Waals surface area contributed by atoms with Crippen LogP contribution in [0.3, 0.4) is 0 Å². The van der Waals surface area contributed by atoms with Crippen molar-refractivity contribution in [3.05, 3.63) is 112 Å². The molecule has 0 bridgehead atoms. The van der Waals surface area contributed by atoms with Crippen LogP contribution in [0.1, 0.15) is 71.6 Å². The van der Waals surface area contributed by atoms with Crippen molar-refractivity contribution in [3.63, 3.8) is 0 Å². The Balaban J connectivity index is 1.80. The summed E-state index contributed by atoms with van der Waals surface area (Å²) in [4.78, 5) is 16.7. The lowest BCUT2D eigenvalue weighted by Gasteiger charge is -2.27. The van der Waals surface area contributed by atoms with E-state index in [0.29, 0.717) is 24.4 Å². The second-order valence-corrected chi connectivity index (χ2v) is 11.7. The summed E-state index contributed by atoms with van der Waals surface area (Å²) in [7, 11) is 0. The van der Waals surface area contributed by atoms with Gasteiger partial charge in [-0.3, -0.25) is 0 Å². The largest absolute Gasteiger partial charge is 0.492 e. The fourth-order valence-electron chi connectivity index (χ4n) is 5.16. The molecule has 4 rings (SSSR count). The van der Waals surface area contributed by atoms with Crippen molar-refractivity contribution in [1.29, 1.82) is 0 Å². The number of unbranched alkanes of at least 4 members (excludes halogenated alkanes) is 1. The van der Waals surface area contributed by atoms with Gasteiger partial charge in [0.15, 0.2) is 0 Å². The summed E-state index contributed by atoms with van der Waals surface area (Å²) in [5.41, 5.74) is 2.94. The average Bonchev–Trinajstić information content (AvgIpc) is 2.99. The van der Waals surface area contributed by atoms with E-state index in [0.717, 1.165) is 51.8 Å².